The van der Waals surface area contributed by atoms with Gasteiger partial charge in [-0.05, 0) is 48.5 Å². The van der Waals surface area contributed by atoms with E-state index >= 15 is 0 Å². The van der Waals surface area contributed by atoms with Crippen molar-refractivity contribution in [3.63, 3.8) is 0 Å². The van der Waals surface area contributed by atoms with E-state index in [1.807, 2.05) is 85.1 Å². The maximum atomic E-state index is 13.4. The maximum Gasteiger partial charge on any atom is 0.291 e. The first-order valence-electron chi connectivity index (χ1n) is 13.0. The summed E-state index contributed by atoms with van der Waals surface area (Å²) in [5.74, 6) is 3.08. The zero-order valence-corrected chi connectivity index (χ0v) is 22.3. The lowest BCUT2D eigenvalue weighted by molar-refractivity contribution is 0.0852. The van der Waals surface area contributed by atoms with Crippen LogP contribution in [-0.2, 0) is 0 Å². The zero-order valence-electron chi connectivity index (χ0n) is 21.5. The average molecular weight is 564 g/mol. The Morgan fingerprint density at radius 2 is 1.63 bits per heavy atom. The number of hydrogen-bond donors (Lipinski definition) is 0. The number of hydrogen-bond acceptors (Lipinski definition) is 9. The second-order valence-electron chi connectivity index (χ2n) is 9.52. The Bertz CT molecular complexity index is 2030. The van der Waals surface area contributed by atoms with E-state index in [2.05, 4.69) is 10.1 Å². The largest absolute Gasteiger partial charge is 0.486 e. The van der Waals surface area contributed by atoms with Crippen LogP contribution in [0.5, 0.6) is 23.0 Å². The quantitative estimate of drug-likeness (QED) is 0.319. The van der Waals surface area contributed by atoms with Gasteiger partial charge in [-0.1, -0.05) is 41.7 Å². The zero-order chi connectivity index (χ0) is 27.3. The molecule has 6 aromatic rings. The van der Waals surface area contributed by atoms with Gasteiger partial charge in [-0.25, -0.2) is 4.68 Å². The molecule has 5 heterocycles. The molecule has 202 valence electrons. The van der Waals surface area contributed by atoms with Gasteiger partial charge in [-0.3, -0.25) is 4.79 Å². The minimum absolute atomic E-state index is 0.263. The fraction of sp³-hybridized carbons (Fsp3) is 0.133. The predicted molar refractivity (Wildman–Crippen MR) is 151 cm³/mol. The van der Waals surface area contributed by atoms with Crippen molar-refractivity contribution < 1.29 is 18.9 Å². The second-order valence-corrected chi connectivity index (χ2v) is 10.5. The highest BCUT2D eigenvalue weighted by atomic mass is 32.1. The number of rotatable bonds is 4. The lowest BCUT2D eigenvalue weighted by Gasteiger charge is -2.24. The highest BCUT2D eigenvalue weighted by Gasteiger charge is 2.27. The summed E-state index contributed by atoms with van der Waals surface area (Å²) < 4.78 is 27.0. The molecule has 0 amide bonds. The summed E-state index contributed by atoms with van der Waals surface area (Å²) >= 11 is 1.26. The smallest absolute Gasteiger partial charge is 0.291 e. The van der Waals surface area contributed by atoms with Gasteiger partial charge < -0.3 is 18.9 Å². The molecule has 10 nitrogen and oxygen atoms in total. The van der Waals surface area contributed by atoms with E-state index in [-0.39, 0.29) is 12.2 Å². The van der Waals surface area contributed by atoms with Crippen LogP contribution >= 0.6 is 11.3 Å². The van der Waals surface area contributed by atoms with Crippen molar-refractivity contribution in [1.82, 2.24) is 24.4 Å². The number of thiazole rings is 1. The van der Waals surface area contributed by atoms with Crippen LogP contribution in [0.1, 0.15) is 17.5 Å². The van der Waals surface area contributed by atoms with Crippen LogP contribution < -0.4 is 29.0 Å². The summed E-state index contributed by atoms with van der Waals surface area (Å²) in [4.78, 5) is 18.5. The highest BCUT2D eigenvalue weighted by Crippen LogP contribution is 2.36. The Labute approximate surface area is 236 Å². The molecular formula is C30H21N5O5S. The third kappa shape index (κ3) is 4.18. The molecular weight excluding hydrogens is 542 g/mol. The summed E-state index contributed by atoms with van der Waals surface area (Å²) in [6.45, 7) is 1.27. The maximum absolute atomic E-state index is 13.4. The topological polar surface area (TPSA) is 102 Å². The van der Waals surface area contributed by atoms with Crippen molar-refractivity contribution in [2.45, 2.75) is 6.10 Å². The Kier molecular flexibility index (Phi) is 5.49. The normalized spacial score (nSPS) is 16.3. The van der Waals surface area contributed by atoms with Crippen LogP contribution in [0.4, 0.5) is 0 Å². The number of nitrogens with zero attached hydrogens (tertiary/aromatic N) is 5. The molecule has 1 atom stereocenters. The minimum Gasteiger partial charge on any atom is -0.486 e. The number of fused-ring (bicyclic) bond motifs is 3. The fourth-order valence-electron chi connectivity index (χ4n) is 4.89. The van der Waals surface area contributed by atoms with Crippen molar-refractivity contribution in [1.29, 1.82) is 0 Å². The summed E-state index contributed by atoms with van der Waals surface area (Å²) in [7, 11) is 0. The third-order valence-electron chi connectivity index (χ3n) is 6.86. The van der Waals surface area contributed by atoms with Gasteiger partial charge in [0.25, 0.3) is 5.56 Å². The van der Waals surface area contributed by atoms with E-state index in [0.29, 0.717) is 57.2 Å². The second kappa shape index (κ2) is 9.49. The van der Waals surface area contributed by atoms with Crippen LogP contribution in [0.25, 0.3) is 28.0 Å². The molecule has 0 spiro atoms. The first-order chi connectivity index (χ1) is 20.2. The lowest BCUT2D eigenvalue weighted by Crippen LogP contribution is -2.26. The minimum atomic E-state index is -0.505. The molecule has 41 heavy (non-hydrogen) atoms. The van der Waals surface area contributed by atoms with Gasteiger partial charge >= 0.3 is 0 Å². The van der Waals surface area contributed by atoms with E-state index in [1.54, 1.807) is 4.68 Å². The number of para-hydroxylation sites is 3. The van der Waals surface area contributed by atoms with E-state index in [9.17, 15) is 4.79 Å². The molecule has 0 saturated carbocycles. The van der Waals surface area contributed by atoms with Crippen LogP contribution in [0, 0.1) is 0 Å². The van der Waals surface area contributed by atoms with Gasteiger partial charge in [-0.15, -0.1) is 5.10 Å². The summed E-state index contributed by atoms with van der Waals surface area (Å²) in [6, 6.07) is 23.0. The van der Waals surface area contributed by atoms with Crippen molar-refractivity contribution in [2.75, 3.05) is 19.8 Å². The summed E-state index contributed by atoms with van der Waals surface area (Å²) in [5.41, 5.74) is 2.96. The van der Waals surface area contributed by atoms with E-state index in [4.69, 9.17) is 24.0 Å². The fourth-order valence-corrected chi connectivity index (χ4v) is 5.80. The monoisotopic (exact) mass is 563 g/mol. The Morgan fingerprint density at radius 1 is 0.854 bits per heavy atom. The molecule has 3 aromatic heterocycles. The lowest BCUT2D eigenvalue weighted by atomic mass is 10.1. The molecule has 8 rings (SSSR count). The number of benzene rings is 3. The van der Waals surface area contributed by atoms with Crippen molar-refractivity contribution >= 4 is 22.4 Å². The van der Waals surface area contributed by atoms with E-state index in [0.717, 1.165) is 16.8 Å². The van der Waals surface area contributed by atoms with Gasteiger partial charge in [-0.2, -0.15) is 14.6 Å². The Hall–Kier alpha value is -5.16. The van der Waals surface area contributed by atoms with Gasteiger partial charge in [0.1, 0.15) is 25.5 Å². The van der Waals surface area contributed by atoms with Gasteiger partial charge in [0.2, 0.25) is 4.96 Å². The first-order valence-corrected chi connectivity index (χ1v) is 13.9. The standard InChI is InChI=1S/C30H21N5O5S/c36-29-26(41-30-31-28(33-35(29)30)25-17-39-21-8-4-5-9-23(21)40-25)15-19-16-34(20-6-2-1-3-7-20)32-27(19)18-10-11-22-24(14-18)38-13-12-37-22/h1-11,14-16,25H,12-13,17H2. The summed E-state index contributed by atoms with van der Waals surface area (Å²) in [6.07, 6.45) is 3.24. The number of ether oxygens (including phenoxy) is 4. The molecule has 0 saturated heterocycles. The van der Waals surface area contributed by atoms with Gasteiger partial charge in [0.05, 0.1) is 10.2 Å². The van der Waals surface area contributed by atoms with E-state index < -0.39 is 6.10 Å². The molecule has 3 aromatic carbocycles. The first kappa shape index (κ1) is 23.7. The molecule has 1 unspecified atom stereocenters. The summed E-state index contributed by atoms with van der Waals surface area (Å²) in [5, 5.41) is 9.36. The predicted octanol–water partition coefficient (Wildman–Crippen LogP) is 3.84. The molecule has 0 radical (unpaired) electrons. The Balaban J connectivity index is 1.20. The highest BCUT2D eigenvalue weighted by molar-refractivity contribution is 7.15. The molecule has 0 N–H and O–H groups in total. The molecule has 2 aliphatic heterocycles. The van der Waals surface area contributed by atoms with E-state index in [1.165, 1.54) is 15.9 Å². The molecule has 0 fully saturated rings. The SMILES string of the molecule is O=c1c(=Cc2cn(-c3ccccc3)nc2-c2ccc3c(c2)OCCO3)sc2nc(C3COc4ccccc4O3)nn12. The van der Waals surface area contributed by atoms with Crippen LogP contribution in [0.15, 0.2) is 83.8 Å². The van der Waals surface area contributed by atoms with Crippen LogP contribution in [0.2, 0.25) is 0 Å². The average Bonchev–Trinajstić information content (AvgIpc) is 3.72. The van der Waals surface area contributed by atoms with Crippen LogP contribution in [0.3, 0.4) is 0 Å². The molecule has 0 aliphatic carbocycles. The van der Waals surface area contributed by atoms with Gasteiger partial charge in [0, 0.05) is 17.3 Å². The van der Waals surface area contributed by atoms with Crippen LogP contribution in [-0.4, -0.2) is 44.2 Å². The molecule has 2 aliphatic rings. The molecule has 11 heteroatoms. The third-order valence-corrected chi connectivity index (χ3v) is 7.82. The van der Waals surface area contributed by atoms with Crippen molar-refractivity contribution in [2.24, 2.45) is 0 Å². The Morgan fingerprint density at radius 3 is 2.49 bits per heavy atom. The molecule has 0 bridgehead atoms. The van der Waals surface area contributed by atoms with Crippen molar-refractivity contribution in [3.05, 3.63) is 105 Å². The van der Waals surface area contributed by atoms with Crippen molar-refractivity contribution in [3.8, 4) is 39.9 Å². The van der Waals surface area contributed by atoms with Gasteiger partial charge in [0.15, 0.2) is 34.9 Å². The number of aromatic nitrogens is 5.